The summed E-state index contributed by atoms with van der Waals surface area (Å²) < 4.78 is 11.8. The smallest absolute Gasteiger partial charge is 0.196 e. The topological polar surface area (TPSA) is 60.2 Å². The zero-order valence-corrected chi connectivity index (χ0v) is 14.3. The first-order valence-electron chi connectivity index (χ1n) is 8.99. The Labute approximate surface area is 151 Å². The largest absolute Gasteiger partial charge is 0.450 e. The molecule has 130 valence electrons. The molecule has 1 saturated heterocycles. The Morgan fingerprint density at radius 3 is 2.69 bits per heavy atom. The third-order valence-electron chi connectivity index (χ3n) is 4.77. The molecule has 3 heterocycles. The van der Waals surface area contributed by atoms with E-state index in [1.54, 1.807) is 0 Å². The molecule has 1 fully saturated rings. The average molecular weight is 345 g/mol. The van der Waals surface area contributed by atoms with Gasteiger partial charge in [0.2, 0.25) is 0 Å². The number of nitrogens with one attached hydrogen (secondary N) is 1. The number of furan rings is 1. The number of rotatable bonds is 4. The van der Waals surface area contributed by atoms with Crippen molar-refractivity contribution in [3.05, 3.63) is 54.6 Å². The second kappa shape index (κ2) is 6.42. The zero-order chi connectivity index (χ0) is 17.3. The lowest BCUT2D eigenvalue weighted by molar-refractivity contribution is 0.120. The van der Waals surface area contributed by atoms with E-state index in [1.165, 1.54) is 0 Å². The van der Waals surface area contributed by atoms with Crippen molar-refractivity contribution >= 4 is 27.9 Å². The van der Waals surface area contributed by atoms with Gasteiger partial charge in [-0.15, -0.1) is 0 Å². The standard InChI is InChI=1S/C21H19N3O2/c1-2-7-14(8-3-1)20-23-18-16-10-4-5-11-17(16)26-19(18)21(24-20)22-13-15-9-6-12-25-15/h1-5,7-8,10-11,15H,6,9,12-13H2,(H,22,23,24)/t15-/m1/s1. The van der Waals surface area contributed by atoms with Crippen LogP contribution in [0.15, 0.2) is 59.0 Å². The molecule has 0 radical (unpaired) electrons. The second-order valence-electron chi connectivity index (χ2n) is 6.55. The number of anilines is 1. The van der Waals surface area contributed by atoms with Gasteiger partial charge in [-0.05, 0) is 25.0 Å². The maximum atomic E-state index is 6.06. The van der Waals surface area contributed by atoms with Gasteiger partial charge in [0.25, 0.3) is 0 Å². The molecule has 0 amide bonds. The first kappa shape index (κ1) is 15.3. The number of aromatic nitrogens is 2. The van der Waals surface area contributed by atoms with E-state index in [4.69, 9.17) is 19.1 Å². The van der Waals surface area contributed by atoms with E-state index in [0.29, 0.717) is 11.4 Å². The van der Waals surface area contributed by atoms with Crippen molar-refractivity contribution in [1.29, 1.82) is 0 Å². The van der Waals surface area contributed by atoms with Gasteiger partial charge in [-0.2, -0.15) is 0 Å². The number of benzene rings is 2. The fourth-order valence-corrected chi connectivity index (χ4v) is 3.44. The molecular weight excluding hydrogens is 326 g/mol. The Morgan fingerprint density at radius 2 is 1.85 bits per heavy atom. The van der Waals surface area contributed by atoms with E-state index in [2.05, 4.69) is 5.32 Å². The summed E-state index contributed by atoms with van der Waals surface area (Å²) in [4.78, 5) is 9.55. The molecule has 5 rings (SSSR count). The van der Waals surface area contributed by atoms with Crippen LogP contribution in [0.3, 0.4) is 0 Å². The van der Waals surface area contributed by atoms with Crippen LogP contribution in [-0.2, 0) is 4.74 Å². The Morgan fingerprint density at radius 1 is 1.00 bits per heavy atom. The van der Waals surface area contributed by atoms with Crippen LogP contribution in [0, 0.1) is 0 Å². The van der Waals surface area contributed by atoms with Gasteiger partial charge in [0.15, 0.2) is 17.2 Å². The van der Waals surface area contributed by atoms with Crippen molar-refractivity contribution < 1.29 is 9.15 Å². The summed E-state index contributed by atoms with van der Waals surface area (Å²) in [6, 6.07) is 18.0. The van der Waals surface area contributed by atoms with Gasteiger partial charge >= 0.3 is 0 Å². The minimum absolute atomic E-state index is 0.226. The molecule has 0 unspecified atom stereocenters. The summed E-state index contributed by atoms with van der Waals surface area (Å²) in [6.45, 7) is 1.56. The minimum atomic E-state index is 0.226. The number of ether oxygens (including phenoxy) is 1. The average Bonchev–Trinajstić information content (AvgIpc) is 3.34. The quantitative estimate of drug-likeness (QED) is 0.584. The van der Waals surface area contributed by atoms with E-state index >= 15 is 0 Å². The Hall–Kier alpha value is -2.92. The molecule has 5 nitrogen and oxygen atoms in total. The maximum absolute atomic E-state index is 6.06. The summed E-state index contributed by atoms with van der Waals surface area (Å²) in [7, 11) is 0. The van der Waals surface area contributed by atoms with Gasteiger partial charge in [-0.3, -0.25) is 0 Å². The van der Waals surface area contributed by atoms with Gasteiger partial charge in [0.05, 0.1) is 6.10 Å². The van der Waals surface area contributed by atoms with Crippen LogP contribution in [0.1, 0.15) is 12.8 Å². The molecule has 1 aliphatic rings. The van der Waals surface area contributed by atoms with E-state index in [9.17, 15) is 0 Å². The maximum Gasteiger partial charge on any atom is 0.196 e. The monoisotopic (exact) mass is 345 g/mol. The highest BCUT2D eigenvalue weighted by Crippen LogP contribution is 2.33. The van der Waals surface area contributed by atoms with Crippen molar-refractivity contribution in [1.82, 2.24) is 9.97 Å². The van der Waals surface area contributed by atoms with Gasteiger partial charge in [0.1, 0.15) is 11.1 Å². The number of para-hydroxylation sites is 1. The minimum Gasteiger partial charge on any atom is -0.450 e. The molecule has 1 N–H and O–H groups in total. The number of hydrogen-bond acceptors (Lipinski definition) is 5. The SMILES string of the molecule is c1ccc(-c2nc(NC[C@H]3CCCO3)c3oc4ccccc4c3n2)cc1. The summed E-state index contributed by atoms with van der Waals surface area (Å²) in [5.41, 5.74) is 3.34. The molecule has 0 bridgehead atoms. The van der Waals surface area contributed by atoms with Crippen LogP contribution in [-0.4, -0.2) is 29.2 Å². The van der Waals surface area contributed by atoms with Crippen LogP contribution >= 0.6 is 0 Å². The van der Waals surface area contributed by atoms with Crippen molar-refractivity contribution in [3.8, 4) is 11.4 Å². The molecule has 0 aliphatic carbocycles. The third kappa shape index (κ3) is 2.70. The third-order valence-corrected chi connectivity index (χ3v) is 4.77. The normalized spacial score (nSPS) is 17.2. The molecule has 1 aliphatic heterocycles. The molecule has 5 heteroatoms. The van der Waals surface area contributed by atoms with Gasteiger partial charge in [-0.25, -0.2) is 9.97 Å². The molecular formula is C21H19N3O2. The van der Waals surface area contributed by atoms with Crippen LogP contribution in [0.25, 0.3) is 33.5 Å². The molecule has 1 atom stereocenters. The first-order valence-corrected chi connectivity index (χ1v) is 8.99. The summed E-state index contributed by atoms with van der Waals surface area (Å²) in [5.74, 6) is 1.42. The van der Waals surface area contributed by atoms with E-state index in [0.717, 1.165) is 53.9 Å². The second-order valence-corrected chi connectivity index (χ2v) is 6.55. The lowest BCUT2D eigenvalue weighted by Gasteiger charge is -2.12. The number of nitrogens with zero attached hydrogens (tertiary/aromatic N) is 2. The zero-order valence-electron chi connectivity index (χ0n) is 14.3. The predicted octanol–water partition coefficient (Wildman–Crippen LogP) is 4.63. The molecule has 26 heavy (non-hydrogen) atoms. The molecule has 0 spiro atoms. The Balaban J connectivity index is 1.64. The fraction of sp³-hybridized carbons (Fsp3) is 0.238. The molecule has 2 aromatic carbocycles. The highest BCUT2D eigenvalue weighted by molar-refractivity contribution is 6.06. The van der Waals surface area contributed by atoms with Gasteiger partial charge in [0, 0.05) is 24.1 Å². The van der Waals surface area contributed by atoms with Crippen molar-refractivity contribution in [2.75, 3.05) is 18.5 Å². The number of hydrogen-bond donors (Lipinski definition) is 1. The lowest BCUT2D eigenvalue weighted by atomic mass is 10.2. The summed E-state index contributed by atoms with van der Waals surface area (Å²) in [6.07, 6.45) is 2.42. The first-order chi connectivity index (χ1) is 12.9. The lowest BCUT2D eigenvalue weighted by Crippen LogP contribution is -2.19. The van der Waals surface area contributed by atoms with Crippen LogP contribution in [0.4, 0.5) is 5.82 Å². The van der Waals surface area contributed by atoms with Gasteiger partial charge < -0.3 is 14.5 Å². The van der Waals surface area contributed by atoms with Crippen LogP contribution < -0.4 is 5.32 Å². The predicted molar refractivity (Wildman–Crippen MR) is 102 cm³/mol. The molecule has 4 aromatic rings. The highest BCUT2D eigenvalue weighted by Gasteiger charge is 2.19. The van der Waals surface area contributed by atoms with Crippen molar-refractivity contribution in [2.24, 2.45) is 0 Å². The van der Waals surface area contributed by atoms with E-state index < -0.39 is 0 Å². The summed E-state index contributed by atoms with van der Waals surface area (Å²) in [5, 5.41) is 4.43. The van der Waals surface area contributed by atoms with E-state index in [1.807, 2.05) is 54.6 Å². The van der Waals surface area contributed by atoms with Crippen molar-refractivity contribution in [2.45, 2.75) is 18.9 Å². The summed E-state index contributed by atoms with van der Waals surface area (Å²) >= 11 is 0. The Bertz CT molecular complexity index is 1050. The van der Waals surface area contributed by atoms with E-state index in [-0.39, 0.29) is 6.10 Å². The van der Waals surface area contributed by atoms with Crippen LogP contribution in [0.2, 0.25) is 0 Å². The molecule has 2 aromatic heterocycles. The highest BCUT2D eigenvalue weighted by atomic mass is 16.5. The Kier molecular flexibility index (Phi) is 3.79. The van der Waals surface area contributed by atoms with Gasteiger partial charge in [-0.1, -0.05) is 42.5 Å². The van der Waals surface area contributed by atoms with Crippen LogP contribution in [0.5, 0.6) is 0 Å². The number of fused-ring (bicyclic) bond motifs is 3. The van der Waals surface area contributed by atoms with Crippen molar-refractivity contribution in [3.63, 3.8) is 0 Å². The molecule has 0 saturated carbocycles. The fourth-order valence-electron chi connectivity index (χ4n) is 3.44.